The van der Waals surface area contributed by atoms with Crippen LogP contribution in [-0.4, -0.2) is 44.9 Å². The first-order valence-electron chi connectivity index (χ1n) is 7.69. The number of ether oxygens (including phenoxy) is 1. The average molecular weight is 302 g/mol. The molecule has 118 valence electrons. The minimum atomic E-state index is -0.443. The third kappa shape index (κ3) is 3.21. The van der Waals surface area contributed by atoms with Crippen molar-refractivity contribution in [3.8, 4) is 0 Å². The van der Waals surface area contributed by atoms with Gasteiger partial charge < -0.3 is 9.64 Å². The number of aromatic nitrogens is 3. The quantitative estimate of drug-likeness (QED) is 0.878. The van der Waals surface area contributed by atoms with Crippen molar-refractivity contribution in [3.05, 3.63) is 24.2 Å². The third-order valence-electron chi connectivity index (χ3n) is 3.91. The van der Waals surface area contributed by atoms with E-state index in [9.17, 15) is 4.79 Å². The number of nitrogens with one attached hydrogen (secondary N) is 1. The molecule has 1 aliphatic heterocycles. The second kappa shape index (κ2) is 5.59. The molecule has 0 bridgehead atoms. The first-order chi connectivity index (χ1) is 10.4. The molecule has 2 aromatic rings. The van der Waals surface area contributed by atoms with Gasteiger partial charge >= 0.3 is 6.09 Å². The van der Waals surface area contributed by atoms with Crippen molar-refractivity contribution in [2.45, 2.75) is 45.1 Å². The number of H-pyrrole nitrogens is 1. The van der Waals surface area contributed by atoms with E-state index in [1.165, 1.54) is 0 Å². The fraction of sp³-hybridized carbons (Fsp3) is 0.562. The number of hydrogen-bond acceptors (Lipinski definition) is 4. The maximum atomic E-state index is 12.1. The second-order valence-corrected chi connectivity index (χ2v) is 6.81. The summed E-state index contributed by atoms with van der Waals surface area (Å²) in [6.45, 7) is 7.09. The topological polar surface area (TPSA) is 71.1 Å². The Balaban J connectivity index is 1.62. The Morgan fingerprint density at radius 1 is 1.32 bits per heavy atom. The van der Waals surface area contributed by atoms with Crippen molar-refractivity contribution in [1.29, 1.82) is 0 Å². The van der Waals surface area contributed by atoms with Gasteiger partial charge in [-0.3, -0.25) is 10.1 Å². The highest BCUT2D eigenvalue weighted by molar-refractivity contribution is 5.77. The van der Waals surface area contributed by atoms with E-state index in [0.717, 1.165) is 29.4 Å². The van der Waals surface area contributed by atoms with Gasteiger partial charge in [0.1, 0.15) is 5.60 Å². The van der Waals surface area contributed by atoms with Crippen molar-refractivity contribution in [2.75, 3.05) is 13.1 Å². The van der Waals surface area contributed by atoms with E-state index >= 15 is 0 Å². The van der Waals surface area contributed by atoms with Crippen molar-refractivity contribution < 1.29 is 9.53 Å². The zero-order chi connectivity index (χ0) is 15.7. The minimum Gasteiger partial charge on any atom is -0.444 e. The van der Waals surface area contributed by atoms with Gasteiger partial charge in [0.2, 0.25) is 0 Å². The molecule has 0 saturated carbocycles. The summed E-state index contributed by atoms with van der Waals surface area (Å²) in [4.78, 5) is 18.4. The molecule has 1 amide bonds. The third-order valence-corrected chi connectivity index (χ3v) is 3.91. The van der Waals surface area contributed by atoms with E-state index < -0.39 is 5.60 Å². The molecule has 1 N–H and O–H groups in total. The number of hydrogen-bond donors (Lipinski definition) is 1. The highest BCUT2D eigenvalue weighted by Crippen LogP contribution is 2.28. The average Bonchev–Trinajstić information content (AvgIpc) is 2.93. The number of aromatic amines is 1. The number of carbonyl (C=O) groups is 1. The molecule has 2 aromatic heterocycles. The zero-order valence-electron chi connectivity index (χ0n) is 13.3. The minimum absolute atomic E-state index is 0.220. The van der Waals surface area contributed by atoms with E-state index in [4.69, 9.17) is 4.74 Å². The van der Waals surface area contributed by atoms with Gasteiger partial charge in [0.05, 0.1) is 11.7 Å². The molecular weight excluding hydrogens is 280 g/mol. The summed E-state index contributed by atoms with van der Waals surface area (Å²) < 4.78 is 5.42. The molecule has 1 saturated heterocycles. The largest absolute Gasteiger partial charge is 0.444 e. The number of amides is 1. The fourth-order valence-electron chi connectivity index (χ4n) is 2.76. The highest BCUT2D eigenvalue weighted by atomic mass is 16.6. The van der Waals surface area contributed by atoms with Crippen LogP contribution < -0.4 is 0 Å². The van der Waals surface area contributed by atoms with Crippen LogP contribution in [0.25, 0.3) is 10.9 Å². The lowest BCUT2D eigenvalue weighted by Gasteiger charge is -2.33. The van der Waals surface area contributed by atoms with Crippen LogP contribution >= 0.6 is 0 Å². The lowest BCUT2D eigenvalue weighted by atomic mass is 9.93. The summed E-state index contributed by atoms with van der Waals surface area (Å²) in [7, 11) is 0. The normalized spacial score (nSPS) is 17.0. The smallest absolute Gasteiger partial charge is 0.410 e. The molecule has 1 fully saturated rings. The maximum absolute atomic E-state index is 12.1. The van der Waals surface area contributed by atoms with Gasteiger partial charge in [0.15, 0.2) is 0 Å². The molecule has 3 heterocycles. The van der Waals surface area contributed by atoms with Crippen LogP contribution in [0.2, 0.25) is 0 Å². The van der Waals surface area contributed by atoms with E-state index in [1.807, 2.05) is 27.0 Å². The number of fused-ring (bicyclic) bond motifs is 1. The molecule has 0 spiro atoms. The van der Waals surface area contributed by atoms with Crippen LogP contribution in [0.1, 0.15) is 45.2 Å². The van der Waals surface area contributed by atoms with E-state index in [0.29, 0.717) is 19.0 Å². The lowest BCUT2D eigenvalue weighted by molar-refractivity contribution is 0.0204. The van der Waals surface area contributed by atoms with Crippen LogP contribution in [0, 0.1) is 0 Å². The number of pyridine rings is 1. The molecule has 0 aromatic carbocycles. The highest BCUT2D eigenvalue weighted by Gasteiger charge is 2.28. The van der Waals surface area contributed by atoms with E-state index in [-0.39, 0.29) is 6.09 Å². The Labute approximate surface area is 129 Å². The lowest BCUT2D eigenvalue weighted by Crippen LogP contribution is -2.41. The first kappa shape index (κ1) is 14.8. The monoisotopic (exact) mass is 302 g/mol. The van der Waals surface area contributed by atoms with Gasteiger partial charge in [0, 0.05) is 36.3 Å². The van der Waals surface area contributed by atoms with Crippen LogP contribution in [0.15, 0.2) is 18.5 Å². The van der Waals surface area contributed by atoms with Gasteiger partial charge in [-0.15, -0.1) is 0 Å². The molecule has 0 aliphatic carbocycles. The van der Waals surface area contributed by atoms with E-state index in [1.54, 1.807) is 11.1 Å². The zero-order valence-corrected chi connectivity index (χ0v) is 13.3. The van der Waals surface area contributed by atoms with Crippen LogP contribution in [0.4, 0.5) is 4.79 Å². The predicted octanol–water partition coefficient (Wildman–Crippen LogP) is 3.07. The van der Waals surface area contributed by atoms with Crippen LogP contribution in [-0.2, 0) is 4.74 Å². The summed E-state index contributed by atoms with van der Waals surface area (Å²) in [6, 6.07) is 2.07. The molecule has 6 nitrogen and oxygen atoms in total. The molecule has 0 atom stereocenters. The molecule has 0 unspecified atom stereocenters. The Morgan fingerprint density at radius 3 is 2.73 bits per heavy atom. The molecule has 22 heavy (non-hydrogen) atoms. The Kier molecular flexibility index (Phi) is 3.76. The molecule has 6 heteroatoms. The van der Waals surface area contributed by atoms with Gasteiger partial charge in [-0.05, 0) is 39.7 Å². The number of rotatable bonds is 1. The van der Waals surface area contributed by atoms with Crippen LogP contribution in [0.5, 0.6) is 0 Å². The Morgan fingerprint density at radius 2 is 2.05 bits per heavy atom. The first-order valence-corrected chi connectivity index (χ1v) is 7.69. The van der Waals surface area contributed by atoms with Gasteiger partial charge in [-0.25, -0.2) is 4.79 Å². The Hall–Kier alpha value is -2.11. The van der Waals surface area contributed by atoms with Crippen LogP contribution in [0.3, 0.4) is 0 Å². The van der Waals surface area contributed by atoms with Gasteiger partial charge in [-0.2, -0.15) is 5.10 Å². The van der Waals surface area contributed by atoms with Crippen molar-refractivity contribution >= 4 is 17.0 Å². The SMILES string of the molecule is CC(C)(C)OC(=O)N1CCC(c2cc3[nH]ncc3cn2)CC1. The molecule has 3 rings (SSSR count). The fourth-order valence-corrected chi connectivity index (χ4v) is 2.76. The molecule has 0 radical (unpaired) electrons. The Bertz CT molecular complexity index is 666. The number of nitrogens with zero attached hydrogens (tertiary/aromatic N) is 3. The number of likely N-dealkylation sites (tertiary alicyclic amines) is 1. The van der Waals surface area contributed by atoms with Gasteiger partial charge in [-0.1, -0.05) is 0 Å². The standard InChI is InChI=1S/C16H22N4O2/c1-16(2,3)22-15(21)20-6-4-11(5-7-20)13-8-14-12(9-17-13)10-18-19-14/h8-11H,4-7H2,1-3H3,(H,18,19). The second-order valence-electron chi connectivity index (χ2n) is 6.81. The summed E-state index contributed by atoms with van der Waals surface area (Å²) >= 11 is 0. The summed E-state index contributed by atoms with van der Waals surface area (Å²) in [5, 5.41) is 8.02. The van der Waals surface area contributed by atoms with Crippen molar-refractivity contribution in [3.63, 3.8) is 0 Å². The van der Waals surface area contributed by atoms with E-state index in [2.05, 4.69) is 21.2 Å². The predicted molar refractivity (Wildman–Crippen MR) is 83.7 cm³/mol. The molecule has 1 aliphatic rings. The van der Waals surface area contributed by atoms with Gasteiger partial charge in [0.25, 0.3) is 0 Å². The summed E-state index contributed by atoms with van der Waals surface area (Å²) in [6.07, 6.45) is 5.23. The molecular formula is C16H22N4O2. The van der Waals surface area contributed by atoms with Crippen molar-refractivity contribution in [1.82, 2.24) is 20.1 Å². The van der Waals surface area contributed by atoms with Crippen molar-refractivity contribution in [2.24, 2.45) is 0 Å². The summed E-state index contributed by atoms with van der Waals surface area (Å²) in [5.41, 5.74) is 1.64. The number of piperidine rings is 1. The number of carbonyl (C=O) groups excluding carboxylic acids is 1. The summed E-state index contributed by atoms with van der Waals surface area (Å²) in [5.74, 6) is 0.381. The maximum Gasteiger partial charge on any atom is 0.410 e.